The number of carbonyl (C=O) groups excluding carboxylic acids is 5. The van der Waals surface area contributed by atoms with E-state index in [0.717, 1.165) is 19.3 Å². The number of urea groups is 1. The van der Waals surface area contributed by atoms with Gasteiger partial charge in [-0.05, 0) is 41.9 Å². The molecule has 262 valence electrons. The van der Waals surface area contributed by atoms with E-state index in [0.29, 0.717) is 12.8 Å². The lowest BCUT2D eigenvalue weighted by molar-refractivity contribution is -0.145. The Bertz CT molecular complexity index is 1390. The largest absolute Gasteiger partial charge is 0.346 e. The van der Waals surface area contributed by atoms with Gasteiger partial charge in [-0.15, -0.1) is 18.9 Å². The highest BCUT2D eigenvalue weighted by Crippen LogP contribution is 2.65. The average Bonchev–Trinajstić information content (AvgIpc) is 3.30. The fraction of sp³-hybridized carbons (Fsp3) is 0.735. The highest BCUT2D eigenvalue weighted by atomic mass is 32.2. The molecule has 0 bridgehead atoms. The first-order valence-electron chi connectivity index (χ1n) is 16.6. The van der Waals surface area contributed by atoms with Crippen molar-refractivity contribution in [2.75, 3.05) is 24.6 Å². The number of piperidine rings is 1. The number of sulfone groups is 1. The maximum absolute atomic E-state index is 14.3. The van der Waals surface area contributed by atoms with Gasteiger partial charge in [-0.1, -0.05) is 66.9 Å². The molecule has 0 radical (unpaired) electrons. The molecule has 5 amide bonds. The van der Waals surface area contributed by atoms with E-state index in [1.807, 2.05) is 13.8 Å². The zero-order valence-electron chi connectivity index (χ0n) is 28.7. The fourth-order valence-electron chi connectivity index (χ4n) is 7.26. The molecule has 0 aromatic heterocycles. The Morgan fingerprint density at radius 1 is 1.09 bits per heavy atom. The van der Waals surface area contributed by atoms with Crippen LogP contribution >= 0.6 is 0 Å². The van der Waals surface area contributed by atoms with Crippen molar-refractivity contribution in [2.45, 2.75) is 110 Å². The van der Waals surface area contributed by atoms with Crippen LogP contribution in [0.3, 0.4) is 0 Å². The molecule has 3 rings (SSSR count). The predicted octanol–water partition coefficient (Wildman–Crippen LogP) is 2.09. The van der Waals surface area contributed by atoms with E-state index in [2.05, 4.69) is 33.8 Å². The molecule has 1 heterocycles. The number of carbonyl (C=O) groups is 5. The summed E-state index contributed by atoms with van der Waals surface area (Å²) in [5.74, 6) is -0.667. The standard InChI is InChI=1S/C34H53N5O7S/c1-9-12-16-23(26(40)29(42)35-19-10-2)36-28(41)25-24-22(33(24,7)8)20-39(25)30(43)27(32(4,5)6)37-31(44)38-34(17-14-13-15-18-34)21-47(45,46)11-3/h1,10,22-25,27H,2,11-21H2,3-8H3,(H,35,42)(H,36,41)(H2,37,38,44)/t22-,23?,24?,25-,27+/m0/s1. The summed E-state index contributed by atoms with van der Waals surface area (Å²) in [7, 11) is -3.40. The summed E-state index contributed by atoms with van der Waals surface area (Å²) in [5, 5.41) is 10.9. The average molecular weight is 676 g/mol. The Morgan fingerprint density at radius 3 is 2.28 bits per heavy atom. The Hall–Kier alpha value is -3.40. The minimum Gasteiger partial charge on any atom is -0.346 e. The second kappa shape index (κ2) is 14.8. The van der Waals surface area contributed by atoms with Gasteiger partial charge in [-0.3, -0.25) is 19.2 Å². The van der Waals surface area contributed by atoms with Crippen LogP contribution in [0, 0.1) is 35.0 Å². The van der Waals surface area contributed by atoms with E-state index in [-0.39, 0.29) is 54.7 Å². The lowest BCUT2D eigenvalue weighted by atomic mass is 9.83. The number of Topliss-reactive ketones (excluding diaryl/α,β-unsaturated/α-hetero) is 1. The van der Waals surface area contributed by atoms with Gasteiger partial charge in [0.15, 0.2) is 9.84 Å². The first-order valence-corrected chi connectivity index (χ1v) is 18.4. The zero-order chi connectivity index (χ0) is 35.4. The first kappa shape index (κ1) is 38.1. The number of terminal acetylenes is 1. The quantitative estimate of drug-likeness (QED) is 0.124. The molecule has 3 fully saturated rings. The summed E-state index contributed by atoms with van der Waals surface area (Å²) in [6.07, 6.45) is 10.6. The Labute approximate surface area is 279 Å². The van der Waals surface area contributed by atoms with Crippen molar-refractivity contribution in [1.82, 2.24) is 26.2 Å². The van der Waals surface area contributed by atoms with Gasteiger partial charge in [-0.25, -0.2) is 13.2 Å². The fourth-order valence-corrected chi connectivity index (χ4v) is 8.66. The van der Waals surface area contributed by atoms with Crippen molar-refractivity contribution in [3.8, 4) is 12.3 Å². The summed E-state index contributed by atoms with van der Waals surface area (Å²) in [6.45, 7) is 14.9. The van der Waals surface area contributed by atoms with Crippen LogP contribution in [0.5, 0.6) is 0 Å². The van der Waals surface area contributed by atoms with Crippen molar-refractivity contribution in [2.24, 2.45) is 22.7 Å². The summed E-state index contributed by atoms with van der Waals surface area (Å²) in [5.41, 5.74) is -1.94. The molecule has 0 aromatic carbocycles. The third-order valence-corrected chi connectivity index (χ3v) is 12.0. The van der Waals surface area contributed by atoms with E-state index in [1.165, 1.54) is 11.0 Å². The molecule has 47 heavy (non-hydrogen) atoms. The van der Waals surface area contributed by atoms with Crippen molar-refractivity contribution in [1.29, 1.82) is 0 Å². The van der Waals surface area contributed by atoms with Crippen LogP contribution in [0.25, 0.3) is 0 Å². The molecule has 1 aliphatic heterocycles. The van der Waals surface area contributed by atoms with Gasteiger partial charge in [0.05, 0.1) is 17.3 Å². The third-order valence-electron chi connectivity index (χ3n) is 10.1. The normalized spacial score (nSPS) is 24.0. The zero-order valence-corrected chi connectivity index (χ0v) is 29.6. The maximum Gasteiger partial charge on any atom is 0.315 e. The smallest absolute Gasteiger partial charge is 0.315 e. The van der Waals surface area contributed by atoms with Crippen LogP contribution in [0.15, 0.2) is 12.7 Å². The van der Waals surface area contributed by atoms with Crippen LogP contribution in [0.1, 0.15) is 86.5 Å². The molecule has 1 saturated heterocycles. The van der Waals surface area contributed by atoms with Gasteiger partial charge in [0.25, 0.3) is 5.91 Å². The predicted molar refractivity (Wildman–Crippen MR) is 180 cm³/mol. The van der Waals surface area contributed by atoms with Crippen LogP contribution in [0.2, 0.25) is 0 Å². The molecule has 2 saturated carbocycles. The van der Waals surface area contributed by atoms with E-state index in [9.17, 15) is 32.4 Å². The monoisotopic (exact) mass is 675 g/mol. The van der Waals surface area contributed by atoms with Crippen molar-refractivity contribution >= 4 is 39.4 Å². The molecular formula is C34H53N5O7S. The number of nitrogens with one attached hydrogen (secondary N) is 4. The molecule has 0 aromatic rings. The molecule has 5 atom stereocenters. The van der Waals surface area contributed by atoms with Crippen molar-refractivity contribution in [3.05, 3.63) is 12.7 Å². The van der Waals surface area contributed by atoms with Crippen LogP contribution in [-0.4, -0.2) is 91.1 Å². The number of fused-ring (bicyclic) bond motifs is 1. The highest BCUT2D eigenvalue weighted by Gasteiger charge is 2.70. The number of likely N-dealkylation sites (tertiary alicyclic amines) is 1. The molecular weight excluding hydrogens is 622 g/mol. The Balaban J connectivity index is 1.85. The number of ketones is 1. The van der Waals surface area contributed by atoms with Gasteiger partial charge in [0.2, 0.25) is 17.6 Å². The van der Waals surface area contributed by atoms with Crippen LogP contribution in [0.4, 0.5) is 4.79 Å². The number of hydrogen-bond donors (Lipinski definition) is 4. The molecule has 3 aliphatic rings. The number of rotatable bonds is 14. The Kier molecular flexibility index (Phi) is 12.0. The molecule has 13 heteroatoms. The van der Waals surface area contributed by atoms with Gasteiger partial charge in [0.1, 0.15) is 12.1 Å². The van der Waals surface area contributed by atoms with E-state index >= 15 is 0 Å². The molecule has 2 unspecified atom stereocenters. The molecule has 12 nitrogen and oxygen atoms in total. The van der Waals surface area contributed by atoms with Gasteiger partial charge < -0.3 is 26.2 Å². The first-order chi connectivity index (χ1) is 21.8. The highest BCUT2D eigenvalue weighted by molar-refractivity contribution is 7.91. The maximum atomic E-state index is 14.3. The molecule has 2 aliphatic carbocycles. The summed E-state index contributed by atoms with van der Waals surface area (Å²) in [6, 6.07) is -3.81. The summed E-state index contributed by atoms with van der Waals surface area (Å²) >= 11 is 0. The van der Waals surface area contributed by atoms with E-state index < -0.39 is 68.5 Å². The Morgan fingerprint density at radius 2 is 1.72 bits per heavy atom. The topological polar surface area (TPSA) is 171 Å². The SMILES string of the molecule is C#CCCC(NC(=O)[C@@H]1C2[C@H](CN1C(=O)[C@@H](NC(=O)NC1(CS(=O)(=O)CC)CCCCC1)C(C)(C)C)C2(C)C)C(=O)C(=O)NCC=C. The summed E-state index contributed by atoms with van der Waals surface area (Å²) < 4.78 is 25.3. The van der Waals surface area contributed by atoms with E-state index in [1.54, 1.807) is 27.7 Å². The summed E-state index contributed by atoms with van der Waals surface area (Å²) in [4.78, 5) is 68.8. The van der Waals surface area contributed by atoms with Gasteiger partial charge in [0, 0.05) is 25.3 Å². The second-order valence-electron chi connectivity index (χ2n) is 15.0. The number of nitrogens with zero attached hydrogens (tertiary/aromatic N) is 1. The van der Waals surface area contributed by atoms with Crippen molar-refractivity contribution in [3.63, 3.8) is 0 Å². The number of hydrogen-bond acceptors (Lipinski definition) is 7. The van der Waals surface area contributed by atoms with Gasteiger partial charge >= 0.3 is 6.03 Å². The van der Waals surface area contributed by atoms with Gasteiger partial charge in [-0.2, -0.15) is 0 Å². The van der Waals surface area contributed by atoms with E-state index in [4.69, 9.17) is 6.42 Å². The molecule has 0 spiro atoms. The third kappa shape index (κ3) is 8.95. The van der Waals surface area contributed by atoms with Crippen LogP contribution in [-0.2, 0) is 29.0 Å². The lowest BCUT2D eigenvalue weighted by Gasteiger charge is -2.40. The lowest BCUT2D eigenvalue weighted by Crippen LogP contribution is -2.64. The van der Waals surface area contributed by atoms with Crippen molar-refractivity contribution < 1.29 is 32.4 Å². The minimum atomic E-state index is -3.40. The number of amides is 5. The minimum absolute atomic E-state index is 0.0251. The van der Waals surface area contributed by atoms with Crippen LogP contribution < -0.4 is 21.3 Å². The molecule has 4 N–H and O–H groups in total. The second-order valence-corrected chi connectivity index (χ2v) is 17.3.